The second-order valence-corrected chi connectivity index (χ2v) is 3.64. The Labute approximate surface area is 105 Å². The van der Waals surface area contributed by atoms with Crippen LogP contribution in [0.1, 0.15) is 13.3 Å². The van der Waals surface area contributed by atoms with Crippen molar-refractivity contribution < 1.29 is 4.74 Å². The van der Waals surface area contributed by atoms with Crippen LogP contribution in [0.15, 0.2) is 24.5 Å². The third-order valence-electron chi connectivity index (χ3n) is 2.25. The van der Waals surface area contributed by atoms with Gasteiger partial charge in [0.05, 0.1) is 7.11 Å². The molecule has 18 heavy (non-hydrogen) atoms. The molecule has 0 spiro atoms. The molecule has 0 atom stereocenters. The van der Waals surface area contributed by atoms with E-state index < -0.39 is 0 Å². The molecule has 94 valence electrons. The first-order valence-electron chi connectivity index (χ1n) is 5.78. The van der Waals surface area contributed by atoms with Gasteiger partial charge in [0, 0.05) is 24.5 Å². The Hall–Kier alpha value is -2.24. The average Bonchev–Trinajstić information content (AvgIpc) is 2.45. The summed E-state index contributed by atoms with van der Waals surface area (Å²) in [5.74, 6) is 1.07. The third-order valence-corrected chi connectivity index (χ3v) is 2.25. The van der Waals surface area contributed by atoms with E-state index >= 15 is 0 Å². The van der Waals surface area contributed by atoms with E-state index in [0.717, 1.165) is 18.5 Å². The van der Waals surface area contributed by atoms with Crippen molar-refractivity contribution in [3.63, 3.8) is 0 Å². The van der Waals surface area contributed by atoms with Gasteiger partial charge in [0.25, 0.3) is 0 Å². The SMILES string of the molecule is CCCNc1nc(OC)nc(-c2cccnc2)n1. The Morgan fingerprint density at radius 3 is 2.83 bits per heavy atom. The van der Waals surface area contributed by atoms with Gasteiger partial charge in [-0.25, -0.2) is 0 Å². The Morgan fingerprint density at radius 1 is 1.28 bits per heavy atom. The zero-order valence-electron chi connectivity index (χ0n) is 10.4. The fraction of sp³-hybridized carbons (Fsp3) is 0.333. The minimum absolute atomic E-state index is 0.294. The van der Waals surface area contributed by atoms with Gasteiger partial charge in [0.15, 0.2) is 5.82 Å². The smallest absolute Gasteiger partial charge is 0.321 e. The van der Waals surface area contributed by atoms with Gasteiger partial charge in [-0.1, -0.05) is 6.92 Å². The molecular weight excluding hydrogens is 230 g/mol. The average molecular weight is 245 g/mol. The number of anilines is 1. The van der Waals surface area contributed by atoms with E-state index in [0.29, 0.717) is 17.8 Å². The highest BCUT2D eigenvalue weighted by atomic mass is 16.5. The fourth-order valence-electron chi connectivity index (χ4n) is 1.39. The molecule has 2 aromatic rings. The molecule has 0 saturated carbocycles. The molecule has 6 nitrogen and oxygen atoms in total. The van der Waals surface area contributed by atoms with Crippen molar-refractivity contribution in [2.45, 2.75) is 13.3 Å². The summed E-state index contributed by atoms with van der Waals surface area (Å²) in [6, 6.07) is 4.03. The van der Waals surface area contributed by atoms with Gasteiger partial charge in [0.2, 0.25) is 5.95 Å². The van der Waals surface area contributed by atoms with E-state index in [2.05, 4.69) is 32.2 Å². The topological polar surface area (TPSA) is 72.8 Å². The lowest BCUT2D eigenvalue weighted by molar-refractivity contribution is 0.379. The van der Waals surface area contributed by atoms with Crippen LogP contribution in [-0.4, -0.2) is 33.6 Å². The Morgan fingerprint density at radius 2 is 2.17 bits per heavy atom. The number of nitrogens with one attached hydrogen (secondary N) is 1. The lowest BCUT2D eigenvalue weighted by Gasteiger charge is -2.07. The van der Waals surface area contributed by atoms with Gasteiger partial charge in [-0.3, -0.25) is 4.98 Å². The summed E-state index contributed by atoms with van der Waals surface area (Å²) < 4.78 is 5.07. The monoisotopic (exact) mass is 245 g/mol. The molecule has 0 aliphatic carbocycles. The highest BCUT2D eigenvalue weighted by Crippen LogP contribution is 2.17. The van der Waals surface area contributed by atoms with Crippen LogP contribution in [0.2, 0.25) is 0 Å². The lowest BCUT2D eigenvalue weighted by Crippen LogP contribution is -2.07. The van der Waals surface area contributed by atoms with E-state index in [1.807, 2.05) is 12.1 Å². The second kappa shape index (κ2) is 5.90. The first-order valence-corrected chi connectivity index (χ1v) is 5.78. The highest BCUT2D eigenvalue weighted by molar-refractivity contribution is 5.54. The van der Waals surface area contributed by atoms with E-state index in [4.69, 9.17) is 4.74 Å². The van der Waals surface area contributed by atoms with Crippen LogP contribution in [0.3, 0.4) is 0 Å². The zero-order chi connectivity index (χ0) is 12.8. The minimum atomic E-state index is 0.294. The number of aromatic nitrogens is 4. The van der Waals surface area contributed by atoms with E-state index in [1.54, 1.807) is 12.4 Å². The van der Waals surface area contributed by atoms with Crippen molar-refractivity contribution in [2.75, 3.05) is 19.0 Å². The summed E-state index contributed by atoms with van der Waals surface area (Å²) in [4.78, 5) is 16.7. The predicted octanol–water partition coefficient (Wildman–Crippen LogP) is 1.76. The molecule has 0 aromatic carbocycles. The van der Waals surface area contributed by atoms with Gasteiger partial charge in [0.1, 0.15) is 0 Å². The quantitative estimate of drug-likeness (QED) is 0.865. The molecule has 0 radical (unpaired) electrons. The van der Waals surface area contributed by atoms with Crippen LogP contribution in [0.25, 0.3) is 11.4 Å². The summed E-state index contributed by atoms with van der Waals surface area (Å²) in [5.41, 5.74) is 0.831. The van der Waals surface area contributed by atoms with Crippen LogP contribution >= 0.6 is 0 Å². The van der Waals surface area contributed by atoms with Crippen molar-refractivity contribution in [3.8, 4) is 17.4 Å². The molecule has 0 aliphatic rings. The van der Waals surface area contributed by atoms with Gasteiger partial charge in [-0.2, -0.15) is 15.0 Å². The van der Waals surface area contributed by atoms with Gasteiger partial charge in [-0.05, 0) is 18.6 Å². The Bertz CT molecular complexity index is 503. The molecule has 0 amide bonds. The number of hydrogen-bond donors (Lipinski definition) is 1. The minimum Gasteiger partial charge on any atom is -0.467 e. The molecular formula is C12H15N5O. The normalized spacial score (nSPS) is 10.1. The summed E-state index contributed by atoms with van der Waals surface area (Å²) in [5, 5.41) is 3.12. The van der Waals surface area contributed by atoms with E-state index in [-0.39, 0.29) is 0 Å². The first kappa shape index (κ1) is 12.2. The molecule has 0 aliphatic heterocycles. The maximum Gasteiger partial charge on any atom is 0.321 e. The largest absolute Gasteiger partial charge is 0.467 e. The summed E-state index contributed by atoms with van der Waals surface area (Å²) >= 11 is 0. The van der Waals surface area contributed by atoms with Gasteiger partial charge in [-0.15, -0.1) is 0 Å². The summed E-state index contributed by atoms with van der Waals surface area (Å²) in [6.45, 7) is 2.88. The molecule has 0 saturated heterocycles. The molecule has 0 unspecified atom stereocenters. The van der Waals surface area contributed by atoms with Gasteiger partial charge < -0.3 is 10.1 Å². The third kappa shape index (κ3) is 2.91. The van der Waals surface area contributed by atoms with Crippen LogP contribution in [-0.2, 0) is 0 Å². The number of rotatable bonds is 5. The zero-order valence-corrected chi connectivity index (χ0v) is 10.4. The van der Waals surface area contributed by atoms with Crippen molar-refractivity contribution in [2.24, 2.45) is 0 Å². The van der Waals surface area contributed by atoms with Crippen molar-refractivity contribution in [1.82, 2.24) is 19.9 Å². The molecule has 2 aromatic heterocycles. The highest BCUT2D eigenvalue weighted by Gasteiger charge is 2.08. The number of pyridine rings is 1. The molecule has 1 N–H and O–H groups in total. The lowest BCUT2D eigenvalue weighted by atomic mass is 10.3. The van der Waals surface area contributed by atoms with Crippen LogP contribution in [0.4, 0.5) is 5.95 Å². The maximum atomic E-state index is 5.07. The standard InChI is InChI=1S/C12H15N5O/c1-3-6-14-11-15-10(16-12(17-11)18-2)9-5-4-7-13-8-9/h4-5,7-8H,3,6H2,1-2H3,(H,14,15,16,17). The van der Waals surface area contributed by atoms with Crippen LogP contribution < -0.4 is 10.1 Å². The van der Waals surface area contributed by atoms with E-state index in [9.17, 15) is 0 Å². The van der Waals surface area contributed by atoms with Crippen molar-refractivity contribution in [1.29, 1.82) is 0 Å². The first-order chi connectivity index (χ1) is 8.83. The molecule has 2 heterocycles. The Balaban J connectivity index is 2.35. The molecule has 6 heteroatoms. The number of hydrogen-bond acceptors (Lipinski definition) is 6. The summed E-state index contributed by atoms with van der Waals surface area (Å²) in [7, 11) is 1.53. The van der Waals surface area contributed by atoms with Crippen molar-refractivity contribution >= 4 is 5.95 Å². The second-order valence-electron chi connectivity index (χ2n) is 3.64. The number of ether oxygens (including phenoxy) is 1. The maximum absolute atomic E-state index is 5.07. The number of nitrogens with zero attached hydrogens (tertiary/aromatic N) is 4. The molecule has 0 bridgehead atoms. The molecule has 2 rings (SSSR count). The number of methoxy groups -OCH3 is 1. The van der Waals surface area contributed by atoms with Crippen LogP contribution in [0, 0.1) is 0 Å². The van der Waals surface area contributed by atoms with Gasteiger partial charge >= 0.3 is 6.01 Å². The Kier molecular flexibility index (Phi) is 4.01. The van der Waals surface area contributed by atoms with Crippen molar-refractivity contribution in [3.05, 3.63) is 24.5 Å². The summed E-state index contributed by atoms with van der Waals surface area (Å²) in [6.07, 6.45) is 4.41. The predicted molar refractivity (Wildman–Crippen MR) is 68.4 cm³/mol. The fourth-order valence-corrected chi connectivity index (χ4v) is 1.39. The molecule has 0 fully saturated rings. The van der Waals surface area contributed by atoms with Crippen LogP contribution in [0.5, 0.6) is 6.01 Å². The van der Waals surface area contributed by atoms with E-state index in [1.165, 1.54) is 7.11 Å².